The first-order chi connectivity index (χ1) is 6.36. The Morgan fingerprint density at radius 1 is 1.00 bits per heavy atom. The zero-order chi connectivity index (χ0) is 9.10. The van der Waals surface area contributed by atoms with Gasteiger partial charge >= 0.3 is 0 Å². The summed E-state index contributed by atoms with van der Waals surface area (Å²) in [6, 6.07) is 7.98. The van der Waals surface area contributed by atoms with Gasteiger partial charge in [0, 0.05) is 18.8 Å². The Morgan fingerprint density at radius 2 is 1.53 bits per heavy atom. The van der Waals surface area contributed by atoms with E-state index in [1.165, 1.54) is 5.69 Å². The third-order valence-corrected chi connectivity index (χ3v) is 2.27. The molecule has 0 unspecified atom stereocenters. The van der Waals surface area contributed by atoms with Gasteiger partial charge in [-0.15, -0.1) is 0 Å². The van der Waals surface area contributed by atoms with Crippen molar-refractivity contribution in [1.29, 1.82) is 0 Å². The fraction of sp³-hybridized carbons (Fsp3) is 0.400. The number of rotatable bonds is 1. The van der Waals surface area contributed by atoms with Gasteiger partial charge in [-0.05, 0) is 12.1 Å². The number of ether oxygens (including phenoxy) is 1. The van der Waals surface area contributed by atoms with Crippen LogP contribution in [-0.2, 0) is 4.74 Å². The van der Waals surface area contributed by atoms with Crippen molar-refractivity contribution >= 4 is 19.0 Å². The quantitative estimate of drug-likeness (QED) is 0.537. The molecule has 1 aromatic carbocycles. The average molecular weight is 209 g/mol. The molecule has 2 radical (unpaired) electrons. The molecule has 4 nitrogen and oxygen atoms in total. The first kappa shape index (κ1) is 14.0. The number of hydrogen-bond donors (Lipinski definition) is 0. The van der Waals surface area contributed by atoms with Crippen LogP contribution in [0, 0.1) is 0 Å². The summed E-state index contributed by atoms with van der Waals surface area (Å²) in [6.07, 6.45) is 0. The smallest absolute Gasteiger partial charge is 0.113 e. The number of nitrogens with zero attached hydrogens (tertiary/aromatic N) is 1. The minimum absolute atomic E-state index is 0. The van der Waals surface area contributed by atoms with Crippen LogP contribution < -0.4 is 10.4 Å². The molecular formula is C10H16BNO3. The lowest BCUT2D eigenvalue weighted by molar-refractivity contribution is 0.122. The van der Waals surface area contributed by atoms with Crippen LogP contribution in [0.15, 0.2) is 24.3 Å². The minimum atomic E-state index is 0. The van der Waals surface area contributed by atoms with Gasteiger partial charge in [0.05, 0.1) is 13.2 Å². The van der Waals surface area contributed by atoms with Crippen LogP contribution in [0.2, 0.25) is 0 Å². The summed E-state index contributed by atoms with van der Waals surface area (Å²) >= 11 is 0. The summed E-state index contributed by atoms with van der Waals surface area (Å²) in [6.45, 7) is 3.60. The molecule has 0 bridgehead atoms. The van der Waals surface area contributed by atoms with Crippen molar-refractivity contribution in [2.24, 2.45) is 0 Å². The Labute approximate surface area is 90.9 Å². The summed E-state index contributed by atoms with van der Waals surface area (Å²) < 4.78 is 5.28. The van der Waals surface area contributed by atoms with Crippen LogP contribution in [0.1, 0.15) is 0 Å². The Kier molecular flexibility index (Phi) is 6.00. The molecule has 1 aliphatic rings. The third-order valence-electron chi connectivity index (χ3n) is 2.27. The van der Waals surface area contributed by atoms with Crippen molar-refractivity contribution in [2.75, 3.05) is 31.2 Å². The van der Waals surface area contributed by atoms with Crippen molar-refractivity contribution in [3.05, 3.63) is 24.3 Å². The standard InChI is InChI=1S/C10H12BNO.2H2O/c11-9-1-3-10(4-2-9)12-5-7-13-8-6-12;;/h1-4H,5-8H2;2*1H2. The highest BCUT2D eigenvalue weighted by Gasteiger charge is 2.09. The van der Waals surface area contributed by atoms with Gasteiger partial charge in [-0.1, -0.05) is 17.6 Å². The Morgan fingerprint density at radius 3 is 2.07 bits per heavy atom. The highest BCUT2D eigenvalue weighted by Crippen LogP contribution is 2.13. The first-order valence-corrected chi connectivity index (χ1v) is 4.54. The van der Waals surface area contributed by atoms with E-state index in [0.29, 0.717) is 0 Å². The molecule has 0 atom stereocenters. The second kappa shape index (κ2) is 6.45. The van der Waals surface area contributed by atoms with Crippen LogP contribution in [0.4, 0.5) is 5.69 Å². The molecule has 15 heavy (non-hydrogen) atoms. The molecule has 1 aromatic rings. The Balaban J connectivity index is 0.000000980. The molecule has 4 N–H and O–H groups in total. The van der Waals surface area contributed by atoms with Crippen molar-refractivity contribution in [3.63, 3.8) is 0 Å². The predicted molar refractivity (Wildman–Crippen MR) is 62.1 cm³/mol. The maximum absolute atomic E-state index is 5.61. The van der Waals surface area contributed by atoms with Crippen LogP contribution in [-0.4, -0.2) is 45.1 Å². The van der Waals surface area contributed by atoms with E-state index in [1.54, 1.807) is 0 Å². The maximum atomic E-state index is 5.61. The fourth-order valence-corrected chi connectivity index (χ4v) is 1.51. The van der Waals surface area contributed by atoms with E-state index in [9.17, 15) is 0 Å². The second-order valence-electron chi connectivity index (χ2n) is 3.19. The zero-order valence-corrected chi connectivity index (χ0v) is 8.57. The van der Waals surface area contributed by atoms with E-state index in [1.807, 2.05) is 12.1 Å². The van der Waals surface area contributed by atoms with Gasteiger partial charge in [0.15, 0.2) is 0 Å². The van der Waals surface area contributed by atoms with E-state index in [0.717, 1.165) is 31.8 Å². The van der Waals surface area contributed by atoms with Crippen LogP contribution in [0.3, 0.4) is 0 Å². The predicted octanol–water partition coefficient (Wildman–Crippen LogP) is -1.33. The van der Waals surface area contributed by atoms with Gasteiger partial charge in [-0.3, -0.25) is 0 Å². The maximum Gasteiger partial charge on any atom is 0.113 e. The van der Waals surface area contributed by atoms with Crippen LogP contribution in [0.25, 0.3) is 0 Å². The van der Waals surface area contributed by atoms with Crippen molar-refractivity contribution < 1.29 is 15.7 Å². The average Bonchev–Trinajstić information content (AvgIpc) is 2.20. The van der Waals surface area contributed by atoms with Gasteiger partial charge in [0.2, 0.25) is 0 Å². The first-order valence-electron chi connectivity index (χ1n) is 4.54. The molecule has 1 fully saturated rings. The summed E-state index contributed by atoms with van der Waals surface area (Å²) in [4.78, 5) is 2.31. The SMILES string of the molecule is O.O.[B]c1ccc(N2CCOCC2)cc1. The number of morpholine rings is 1. The van der Waals surface area contributed by atoms with Gasteiger partial charge < -0.3 is 20.6 Å². The lowest BCUT2D eigenvalue weighted by atomic mass is 9.96. The Bertz CT molecular complexity index is 273. The molecule has 0 amide bonds. The van der Waals surface area contributed by atoms with E-state index in [4.69, 9.17) is 12.6 Å². The molecule has 1 saturated heterocycles. The zero-order valence-electron chi connectivity index (χ0n) is 8.57. The number of hydrogen-bond acceptors (Lipinski definition) is 2. The van der Waals surface area contributed by atoms with Gasteiger partial charge in [0.25, 0.3) is 0 Å². The fourth-order valence-electron chi connectivity index (χ4n) is 1.51. The normalized spacial score (nSPS) is 15.1. The van der Waals surface area contributed by atoms with Gasteiger partial charge in [-0.25, -0.2) is 0 Å². The highest BCUT2D eigenvalue weighted by atomic mass is 16.5. The third kappa shape index (κ3) is 3.55. The summed E-state index contributed by atoms with van der Waals surface area (Å²) in [5.41, 5.74) is 2.05. The molecule has 0 spiro atoms. The monoisotopic (exact) mass is 209 g/mol. The van der Waals surface area contributed by atoms with E-state index >= 15 is 0 Å². The lowest BCUT2D eigenvalue weighted by Crippen LogP contribution is -2.36. The molecule has 0 aliphatic carbocycles. The van der Waals surface area contributed by atoms with E-state index in [2.05, 4.69) is 17.0 Å². The molecule has 1 aliphatic heterocycles. The summed E-state index contributed by atoms with van der Waals surface area (Å²) in [5, 5.41) is 0. The minimum Gasteiger partial charge on any atom is -0.412 e. The topological polar surface area (TPSA) is 75.5 Å². The van der Waals surface area contributed by atoms with Crippen molar-refractivity contribution in [1.82, 2.24) is 0 Å². The molecule has 2 rings (SSSR count). The molecule has 82 valence electrons. The molecule has 1 heterocycles. The van der Waals surface area contributed by atoms with Crippen LogP contribution in [0.5, 0.6) is 0 Å². The molecule has 0 saturated carbocycles. The summed E-state index contributed by atoms with van der Waals surface area (Å²) in [5.74, 6) is 0. The Hall–Kier alpha value is -1.04. The van der Waals surface area contributed by atoms with E-state index in [-0.39, 0.29) is 11.0 Å². The van der Waals surface area contributed by atoms with Crippen LogP contribution >= 0.6 is 0 Å². The van der Waals surface area contributed by atoms with Crippen molar-refractivity contribution in [3.8, 4) is 0 Å². The molecule has 0 aromatic heterocycles. The second-order valence-corrected chi connectivity index (χ2v) is 3.19. The molecule has 5 heteroatoms. The van der Waals surface area contributed by atoms with Crippen molar-refractivity contribution in [2.45, 2.75) is 0 Å². The van der Waals surface area contributed by atoms with Gasteiger partial charge in [-0.2, -0.15) is 0 Å². The largest absolute Gasteiger partial charge is 0.412 e. The highest BCUT2D eigenvalue weighted by molar-refractivity contribution is 6.32. The number of benzene rings is 1. The summed E-state index contributed by atoms with van der Waals surface area (Å²) in [7, 11) is 5.61. The van der Waals surface area contributed by atoms with Gasteiger partial charge in [0.1, 0.15) is 7.85 Å². The van der Waals surface area contributed by atoms with E-state index < -0.39 is 0 Å². The lowest BCUT2D eigenvalue weighted by Gasteiger charge is -2.28. The molecular weight excluding hydrogens is 193 g/mol. The number of anilines is 1.